The summed E-state index contributed by atoms with van der Waals surface area (Å²) in [6, 6.07) is 0. The fourth-order valence-corrected chi connectivity index (χ4v) is 10.7. The summed E-state index contributed by atoms with van der Waals surface area (Å²) >= 11 is 0. The Hall–Kier alpha value is -2.63. The highest BCUT2D eigenvalue weighted by atomic mass is 16.6. The second-order valence-electron chi connectivity index (χ2n) is 24.1. The van der Waals surface area contributed by atoms with Gasteiger partial charge in [0.05, 0.1) is 0 Å². The van der Waals surface area contributed by atoms with E-state index in [1.807, 2.05) is 0 Å². The second kappa shape index (κ2) is 68.9. The third-order valence-corrected chi connectivity index (χ3v) is 16.1. The van der Waals surface area contributed by atoms with Gasteiger partial charge in [0, 0.05) is 19.3 Å². The van der Waals surface area contributed by atoms with E-state index in [2.05, 4.69) is 69.4 Å². The van der Waals surface area contributed by atoms with Gasteiger partial charge in [0.2, 0.25) is 0 Å². The van der Waals surface area contributed by atoms with Crippen molar-refractivity contribution < 1.29 is 28.6 Å². The Morgan fingerprint density at radius 3 is 0.713 bits per heavy atom. The van der Waals surface area contributed by atoms with E-state index in [-0.39, 0.29) is 31.1 Å². The van der Waals surface area contributed by atoms with Crippen LogP contribution in [-0.2, 0) is 28.6 Å². The summed E-state index contributed by atoms with van der Waals surface area (Å²) in [6.07, 6.45) is 87.0. The van der Waals surface area contributed by atoms with Crippen LogP contribution in [0.4, 0.5) is 0 Å². The van der Waals surface area contributed by atoms with E-state index < -0.39 is 6.10 Å². The fraction of sp³-hybridized carbons (Fsp3) is 0.851. The molecule has 0 aromatic rings. The van der Waals surface area contributed by atoms with Crippen molar-refractivity contribution in [1.29, 1.82) is 0 Å². The molecule has 0 aliphatic rings. The molecule has 0 fully saturated rings. The van der Waals surface area contributed by atoms with E-state index in [1.165, 1.54) is 270 Å². The van der Waals surface area contributed by atoms with Crippen molar-refractivity contribution in [2.24, 2.45) is 0 Å². The zero-order valence-corrected chi connectivity index (χ0v) is 53.9. The topological polar surface area (TPSA) is 78.9 Å². The molecule has 0 aromatic carbocycles. The SMILES string of the molecule is CCCCC/C=C\C/C=C\CCCCCCCCCC(=O)OCC(COC(=O)CCCCCCCCCCCCC/C=C\C/C=C\CCCCCCC)OC(=O)CCCCCCCCCCCCCCCCCCCCCCCC. The number of carbonyl (C=O) groups is 3. The van der Waals surface area contributed by atoms with Gasteiger partial charge in [0.1, 0.15) is 13.2 Å². The summed E-state index contributed by atoms with van der Waals surface area (Å²) in [5, 5.41) is 0. The number of hydrogen-bond acceptors (Lipinski definition) is 6. The first-order chi connectivity index (χ1) is 39.5. The number of hydrogen-bond donors (Lipinski definition) is 0. The van der Waals surface area contributed by atoms with Crippen molar-refractivity contribution in [2.75, 3.05) is 13.2 Å². The minimum atomic E-state index is -0.777. The second-order valence-corrected chi connectivity index (χ2v) is 24.1. The molecule has 0 aliphatic carbocycles. The van der Waals surface area contributed by atoms with E-state index in [1.54, 1.807) is 0 Å². The highest BCUT2D eigenvalue weighted by molar-refractivity contribution is 5.71. The van der Waals surface area contributed by atoms with Crippen molar-refractivity contribution in [3.63, 3.8) is 0 Å². The van der Waals surface area contributed by atoms with Gasteiger partial charge in [0.25, 0.3) is 0 Å². The molecule has 1 unspecified atom stereocenters. The molecule has 0 amide bonds. The van der Waals surface area contributed by atoms with Gasteiger partial charge in [-0.25, -0.2) is 0 Å². The van der Waals surface area contributed by atoms with Gasteiger partial charge in [-0.3, -0.25) is 14.4 Å². The number of rotatable bonds is 66. The Bertz CT molecular complexity index is 1380. The molecular weight excluding hydrogens is 985 g/mol. The monoisotopic (exact) mass is 1120 g/mol. The first-order valence-electron chi connectivity index (χ1n) is 35.6. The third kappa shape index (κ3) is 66.2. The van der Waals surface area contributed by atoms with Crippen LogP contribution < -0.4 is 0 Å². The Kier molecular flexibility index (Phi) is 66.6. The van der Waals surface area contributed by atoms with E-state index in [0.29, 0.717) is 19.3 Å². The predicted octanol–water partition coefficient (Wildman–Crippen LogP) is 24.5. The maximum atomic E-state index is 13.0. The van der Waals surface area contributed by atoms with Crippen molar-refractivity contribution in [3.8, 4) is 0 Å². The lowest BCUT2D eigenvalue weighted by Crippen LogP contribution is -2.30. The first kappa shape index (κ1) is 77.4. The van der Waals surface area contributed by atoms with Crippen molar-refractivity contribution >= 4 is 17.9 Å². The normalized spacial score (nSPS) is 12.3. The lowest BCUT2D eigenvalue weighted by atomic mass is 10.0. The summed E-state index contributed by atoms with van der Waals surface area (Å²) in [7, 11) is 0. The van der Waals surface area contributed by atoms with E-state index in [9.17, 15) is 14.4 Å². The molecule has 6 nitrogen and oxygen atoms in total. The maximum absolute atomic E-state index is 13.0. The Morgan fingerprint density at radius 2 is 0.450 bits per heavy atom. The van der Waals surface area contributed by atoms with Crippen LogP contribution in [0.25, 0.3) is 0 Å². The molecule has 0 spiro atoms. The van der Waals surface area contributed by atoms with Crippen LogP contribution in [0.5, 0.6) is 0 Å². The maximum Gasteiger partial charge on any atom is 0.306 e. The molecule has 80 heavy (non-hydrogen) atoms. The van der Waals surface area contributed by atoms with Crippen LogP contribution in [0.15, 0.2) is 48.6 Å². The number of allylic oxidation sites excluding steroid dienone is 8. The Morgan fingerprint density at radius 1 is 0.250 bits per heavy atom. The van der Waals surface area contributed by atoms with E-state index >= 15 is 0 Å². The van der Waals surface area contributed by atoms with Gasteiger partial charge in [-0.15, -0.1) is 0 Å². The van der Waals surface area contributed by atoms with Gasteiger partial charge in [-0.1, -0.05) is 333 Å². The van der Waals surface area contributed by atoms with E-state index in [0.717, 1.165) is 77.0 Å². The largest absolute Gasteiger partial charge is 0.462 e. The quantitative estimate of drug-likeness (QED) is 0.0261. The molecular formula is C74H136O6. The molecule has 0 aromatic heterocycles. The third-order valence-electron chi connectivity index (χ3n) is 16.1. The average Bonchev–Trinajstić information content (AvgIpc) is 3.46. The van der Waals surface area contributed by atoms with Gasteiger partial charge < -0.3 is 14.2 Å². The van der Waals surface area contributed by atoms with Crippen molar-refractivity contribution in [1.82, 2.24) is 0 Å². The molecule has 468 valence electrons. The molecule has 0 aliphatic heterocycles. The summed E-state index contributed by atoms with van der Waals surface area (Å²) in [5.74, 6) is -0.854. The average molecular weight is 1120 g/mol. The molecule has 0 saturated heterocycles. The van der Waals surface area contributed by atoms with E-state index in [4.69, 9.17) is 14.2 Å². The smallest absolute Gasteiger partial charge is 0.306 e. The van der Waals surface area contributed by atoms with Crippen LogP contribution in [0.1, 0.15) is 387 Å². The molecule has 0 radical (unpaired) electrons. The number of esters is 3. The minimum Gasteiger partial charge on any atom is -0.462 e. The standard InChI is InChI=1S/C74H136O6/c1-4-7-10-13-16-19-22-25-28-31-33-35-37-39-40-43-46-49-52-55-58-61-64-67-73(76)79-70-71(69-78-72(75)66-63-60-57-54-51-48-45-42-30-27-24-21-18-15-12-9-6-3)80-74(77)68-65-62-59-56-53-50-47-44-41-38-36-34-32-29-26-23-20-17-14-11-8-5-2/h18,21-22,25,27,30-31,33,71H,4-17,19-20,23-24,26,28-29,32,34-70H2,1-3H3/b21-18-,25-22-,30-27-,33-31-. The van der Waals surface area contributed by atoms with Crippen LogP contribution >= 0.6 is 0 Å². The molecule has 1 atom stereocenters. The van der Waals surface area contributed by atoms with Gasteiger partial charge in [-0.05, 0) is 83.5 Å². The summed E-state index contributed by atoms with van der Waals surface area (Å²) in [5.41, 5.74) is 0. The Balaban J connectivity index is 4.32. The summed E-state index contributed by atoms with van der Waals surface area (Å²) in [6.45, 7) is 6.67. The zero-order valence-electron chi connectivity index (χ0n) is 53.9. The molecule has 0 bridgehead atoms. The highest BCUT2D eigenvalue weighted by Gasteiger charge is 2.19. The summed E-state index contributed by atoms with van der Waals surface area (Å²) in [4.78, 5) is 38.5. The fourth-order valence-electron chi connectivity index (χ4n) is 10.7. The number of unbranched alkanes of at least 4 members (excludes halogenated alkanes) is 47. The molecule has 0 saturated carbocycles. The highest BCUT2D eigenvalue weighted by Crippen LogP contribution is 2.18. The first-order valence-corrected chi connectivity index (χ1v) is 35.6. The van der Waals surface area contributed by atoms with Gasteiger partial charge in [-0.2, -0.15) is 0 Å². The molecule has 0 heterocycles. The lowest BCUT2D eigenvalue weighted by molar-refractivity contribution is -0.167. The zero-order chi connectivity index (χ0) is 57.8. The van der Waals surface area contributed by atoms with Crippen molar-refractivity contribution in [3.05, 3.63) is 48.6 Å². The van der Waals surface area contributed by atoms with Crippen LogP contribution in [0.3, 0.4) is 0 Å². The minimum absolute atomic E-state index is 0.0726. The predicted molar refractivity (Wildman–Crippen MR) is 349 cm³/mol. The van der Waals surface area contributed by atoms with Gasteiger partial charge in [0.15, 0.2) is 6.10 Å². The number of carbonyl (C=O) groups excluding carboxylic acids is 3. The van der Waals surface area contributed by atoms with Crippen LogP contribution in [0.2, 0.25) is 0 Å². The lowest BCUT2D eigenvalue weighted by Gasteiger charge is -2.18. The molecule has 0 rings (SSSR count). The molecule has 6 heteroatoms. The van der Waals surface area contributed by atoms with Crippen molar-refractivity contribution in [2.45, 2.75) is 393 Å². The Labute approximate surface area is 498 Å². The van der Waals surface area contributed by atoms with Gasteiger partial charge >= 0.3 is 17.9 Å². The van der Waals surface area contributed by atoms with Crippen LogP contribution in [0, 0.1) is 0 Å². The van der Waals surface area contributed by atoms with Crippen LogP contribution in [-0.4, -0.2) is 37.2 Å². The number of ether oxygens (including phenoxy) is 3. The molecule has 0 N–H and O–H groups in total. The summed E-state index contributed by atoms with van der Waals surface area (Å²) < 4.78 is 17.0.